The number of aliphatic carboxylic acids is 1. The molecule has 0 fully saturated rings. The second-order valence-corrected chi connectivity index (χ2v) is 10.5. The summed E-state index contributed by atoms with van der Waals surface area (Å²) in [6.45, 7) is 13.1. The smallest absolute Gasteiger partial charge is 0.337 e. The van der Waals surface area contributed by atoms with Crippen LogP contribution in [0.25, 0.3) is 11.7 Å². The lowest BCUT2D eigenvalue weighted by molar-refractivity contribution is -0.160. The Bertz CT molecular complexity index is 1340. The SMILES string of the molecule is Cc1cc(CNC(=O)c2cc3nc(C)c(C(OC(C)(C)C)C(=O)O)c(C=CCC(C)C)n3n2)ccc1F. The minimum atomic E-state index is -1.28. The van der Waals surface area contributed by atoms with Crippen molar-refractivity contribution in [2.45, 2.75) is 73.1 Å². The van der Waals surface area contributed by atoms with Crippen molar-refractivity contribution in [2.24, 2.45) is 5.92 Å². The van der Waals surface area contributed by atoms with E-state index in [0.29, 0.717) is 34.1 Å². The van der Waals surface area contributed by atoms with E-state index in [0.717, 1.165) is 12.0 Å². The topological polar surface area (TPSA) is 106 Å². The Balaban J connectivity index is 2.05. The van der Waals surface area contributed by atoms with Crippen LogP contribution in [0.2, 0.25) is 0 Å². The van der Waals surface area contributed by atoms with Gasteiger partial charge in [0.2, 0.25) is 0 Å². The van der Waals surface area contributed by atoms with Crippen LogP contribution in [-0.4, -0.2) is 37.2 Å². The first-order valence-electron chi connectivity index (χ1n) is 12.3. The summed E-state index contributed by atoms with van der Waals surface area (Å²) in [6.07, 6.45) is 3.26. The third-order valence-electron chi connectivity index (χ3n) is 5.62. The van der Waals surface area contributed by atoms with Gasteiger partial charge in [-0.15, -0.1) is 0 Å². The van der Waals surface area contributed by atoms with Crippen LogP contribution in [0.15, 0.2) is 30.3 Å². The zero-order chi connectivity index (χ0) is 27.5. The summed E-state index contributed by atoms with van der Waals surface area (Å²) in [5, 5.41) is 17.3. The number of fused-ring (bicyclic) bond motifs is 1. The molecule has 0 aliphatic carbocycles. The van der Waals surface area contributed by atoms with E-state index in [1.54, 1.807) is 52.8 Å². The Kier molecular flexibility index (Phi) is 8.48. The van der Waals surface area contributed by atoms with Crippen LogP contribution in [0.3, 0.4) is 0 Å². The van der Waals surface area contributed by atoms with E-state index in [2.05, 4.69) is 29.2 Å². The van der Waals surface area contributed by atoms with Crippen LogP contribution in [0.5, 0.6) is 0 Å². The highest BCUT2D eigenvalue weighted by Crippen LogP contribution is 2.31. The summed E-state index contributed by atoms with van der Waals surface area (Å²) in [7, 11) is 0. The monoisotopic (exact) mass is 510 g/mol. The molecule has 2 aromatic heterocycles. The highest BCUT2D eigenvalue weighted by atomic mass is 19.1. The molecular formula is C28H35FN4O4. The number of carboxylic acid groups (broad SMARTS) is 1. The van der Waals surface area contributed by atoms with Gasteiger partial charge in [-0.2, -0.15) is 5.10 Å². The second-order valence-electron chi connectivity index (χ2n) is 10.5. The number of aromatic nitrogens is 3. The number of ether oxygens (including phenoxy) is 1. The third kappa shape index (κ3) is 7.01. The molecule has 1 unspecified atom stereocenters. The average Bonchev–Trinajstić information content (AvgIpc) is 3.21. The van der Waals surface area contributed by atoms with Gasteiger partial charge < -0.3 is 15.2 Å². The molecule has 198 valence electrons. The predicted octanol–water partition coefficient (Wildman–Crippen LogP) is 5.42. The summed E-state index contributed by atoms with van der Waals surface area (Å²) in [4.78, 5) is 29.8. The number of amides is 1. The number of hydrogen-bond acceptors (Lipinski definition) is 5. The summed E-state index contributed by atoms with van der Waals surface area (Å²) in [5.74, 6) is -1.48. The molecule has 0 spiro atoms. The van der Waals surface area contributed by atoms with Crippen molar-refractivity contribution < 1.29 is 23.8 Å². The molecule has 2 heterocycles. The number of carbonyl (C=O) groups excluding carboxylic acids is 1. The third-order valence-corrected chi connectivity index (χ3v) is 5.62. The van der Waals surface area contributed by atoms with Gasteiger partial charge >= 0.3 is 5.97 Å². The van der Waals surface area contributed by atoms with Gasteiger partial charge in [-0.1, -0.05) is 32.1 Å². The van der Waals surface area contributed by atoms with Crippen molar-refractivity contribution in [1.29, 1.82) is 0 Å². The first-order valence-corrected chi connectivity index (χ1v) is 12.3. The zero-order valence-corrected chi connectivity index (χ0v) is 22.4. The maximum absolute atomic E-state index is 13.6. The quantitative estimate of drug-likeness (QED) is 0.398. The lowest BCUT2D eigenvalue weighted by atomic mass is 10.0. The fourth-order valence-electron chi connectivity index (χ4n) is 3.88. The van der Waals surface area contributed by atoms with Crippen LogP contribution in [-0.2, 0) is 16.1 Å². The number of halogens is 1. The average molecular weight is 511 g/mol. The maximum atomic E-state index is 13.6. The van der Waals surface area contributed by atoms with Crippen LogP contribution < -0.4 is 5.32 Å². The lowest BCUT2D eigenvalue weighted by Gasteiger charge is -2.27. The Morgan fingerprint density at radius 2 is 1.92 bits per heavy atom. The molecule has 0 saturated carbocycles. The van der Waals surface area contributed by atoms with Gasteiger partial charge in [0.15, 0.2) is 17.4 Å². The van der Waals surface area contributed by atoms with Gasteiger partial charge in [-0.3, -0.25) is 4.79 Å². The number of allylic oxidation sites excluding steroid dienone is 1. The van der Waals surface area contributed by atoms with Crippen LogP contribution in [0.4, 0.5) is 4.39 Å². The molecule has 3 rings (SSSR count). The molecule has 3 aromatic rings. The largest absolute Gasteiger partial charge is 0.479 e. The van der Waals surface area contributed by atoms with E-state index in [1.165, 1.54) is 10.6 Å². The van der Waals surface area contributed by atoms with E-state index >= 15 is 0 Å². The van der Waals surface area contributed by atoms with Crippen molar-refractivity contribution in [3.05, 3.63) is 69.9 Å². The van der Waals surface area contributed by atoms with Crippen LogP contribution >= 0.6 is 0 Å². The first kappa shape index (κ1) is 28.0. The molecule has 1 aromatic carbocycles. The number of nitrogens with one attached hydrogen (secondary N) is 1. The highest BCUT2D eigenvalue weighted by Gasteiger charge is 2.32. The van der Waals surface area contributed by atoms with Crippen LogP contribution in [0.1, 0.15) is 85.7 Å². The van der Waals surface area contributed by atoms with E-state index in [4.69, 9.17) is 4.74 Å². The molecule has 9 heteroatoms. The molecule has 1 amide bonds. The van der Waals surface area contributed by atoms with Crippen molar-refractivity contribution in [3.8, 4) is 0 Å². The molecule has 37 heavy (non-hydrogen) atoms. The molecule has 8 nitrogen and oxygen atoms in total. The summed E-state index contributed by atoms with van der Waals surface area (Å²) >= 11 is 0. The molecule has 0 aliphatic heterocycles. The number of aryl methyl sites for hydroxylation is 2. The van der Waals surface area contributed by atoms with Gasteiger partial charge in [0, 0.05) is 23.9 Å². The number of nitrogens with zero attached hydrogens (tertiary/aromatic N) is 3. The molecule has 0 saturated heterocycles. The standard InChI is InChI=1S/C28H35FN4O4/c1-16(2)9-8-10-22-24(25(27(35)36)37-28(5,6)7)18(4)31-23-14-21(32-33(22)23)26(34)30-15-19-11-12-20(29)17(3)13-19/h8,10-14,16,25H,9,15H2,1-7H3,(H,30,34)(H,35,36). The Morgan fingerprint density at radius 1 is 1.22 bits per heavy atom. The Hall–Kier alpha value is -3.59. The molecule has 0 radical (unpaired) electrons. The van der Waals surface area contributed by atoms with Crippen molar-refractivity contribution in [2.75, 3.05) is 0 Å². The second kappa shape index (κ2) is 11.2. The van der Waals surface area contributed by atoms with E-state index in [9.17, 15) is 19.1 Å². The first-order chi connectivity index (χ1) is 17.3. The summed E-state index contributed by atoms with van der Waals surface area (Å²) in [5.41, 5.74) is 2.42. The molecule has 1 atom stereocenters. The van der Waals surface area contributed by atoms with Gasteiger partial charge in [-0.25, -0.2) is 18.7 Å². The molecule has 0 aliphatic rings. The zero-order valence-electron chi connectivity index (χ0n) is 22.4. The summed E-state index contributed by atoms with van der Waals surface area (Å²) < 4.78 is 21.0. The van der Waals surface area contributed by atoms with Gasteiger partial charge in [0.05, 0.1) is 11.3 Å². The Morgan fingerprint density at radius 3 is 2.51 bits per heavy atom. The summed E-state index contributed by atoms with van der Waals surface area (Å²) in [6, 6.07) is 6.21. The predicted molar refractivity (Wildman–Crippen MR) is 140 cm³/mol. The fourth-order valence-corrected chi connectivity index (χ4v) is 3.88. The number of carboxylic acids is 1. The number of benzene rings is 1. The van der Waals surface area contributed by atoms with E-state index in [1.807, 2.05) is 12.2 Å². The van der Waals surface area contributed by atoms with Crippen molar-refractivity contribution in [1.82, 2.24) is 19.9 Å². The van der Waals surface area contributed by atoms with Gasteiger partial charge in [0.1, 0.15) is 5.82 Å². The van der Waals surface area contributed by atoms with Gasteiger partial charge in [-0.05, 0) is 70.2 Å². The molecule has 2 N–H and O–H groups in total. The number of hydrogen-bond donors (Lipinski definition) is 2. The van der Waals surface area contributed by atoms with E-state index in [-0.39, 0.29) is 18.1 Å². The lowest BCUT2D eigenvalue weighted by Crippen LogP contribution is -2.29. The molecular weight excluding hydrogens is 475 g/mol. The number of carbonyl (C=O) groups is 2. The van der Waals surface area contributed by atoms with Crippen molar-refractivity contribution >= 4 is 23.6 Å². The minimum Gasteiger partial charge on any atom is -0.479 e. The number of rotatable bonds is 9. The fraction of sp³-hybridized carbons (Fsp3) is 0.429. The highest BCUT2D eigenvalue weighted by molar-refractivity contribution is 5.93. The van der Waals surface area contributed by atoms with E-state index < -0.39 is 23.6 Å². The minimum absolute atomic E-state index is 0.130. The van der Waals surface area contributed by atoms with Crippen molar-refractivity contribution in [3.63, 3.8) is 0 Å². The van der Waals surface area contributed by atoms with Gasteiger partial charge in [0.25, 0.3) is 5.91 Å². The Labute approximate surface area is 216 Å². The normalized spacial score (nSPS) is 13.0. The maximum Gasteiger partial charge on any atom is 0.337 e. The van der Waals surface area contributed by atoms with Crippen LogP contribution in [0, 0.1) is 25.6 Å². The molecule has 0 bridgehead atoms.